The van der Waals surface area contributed by atoms with Crippen LogP contribution >= 0.6 is 0 Å². The predicted molar refractivity (Wildman–Crippen MR) is 260 cm³/mol. The number of hydrogen-bond donors (Lipinski definition) is 6. The summed E-state index contributed by atoms with van der Waals surface area (Å²) >= 11 is 0. The minimum Gasteiger partial charge on any atom is -0.480 e. The van der Waals surface area contributed by atoms with Gasteiger partial charge in [0.15, 0.2) is 23.8 Å². The highest BCUT2D eigenvalue weighted by molar-refractivity contribution is 6.02. The Labute approximate surface area is 399 Å². The minimum atomic E-state index is -1.23. The molecule has 0 bridgehead atoms. The largest absolute Gasteiger partial charge is 0.480 e. The summed E-state index contributed by atoms with van der Waals surface area (Å²) in [5.74, 6) is -4.72. The van der Waals surface area contributed by atoms with Crippen molar-refractivity contribution in [3.8, 4) is 0 Å². The number of hydrogen-bond acceptors (Lipinski definition) is 10. The fraction of sp³-hybridized carbons (Fsp3) is 0.423. The van der Waals surface area contributed by atoms with Gasteiger partial charge in [-0.2, -0.15) is 0 Å². The van der Waals surface area contributed by atoms with E-state index in [2.05, 4.69) is 21.3 Å². The van der Waals surface area contributed by atoms with Crippen molar-refractivity contribution >= 4 is 47.5 Å². The van der Waals surface area contributed by atoms with E-state index in [9.17, 15) is 38.4 Å². The number of allylic oxidation sites excluding steroid dienone is 20. The van der Waals surface area contributed by atoms with Crippen molar-refractivity contribution in [2.45, 2.75) is 120 Å². The van der Waals surface area contributed by atoms with Gasteiger partial charge in [-0.3, -0.25) is 28.8 Å². The molecule has 0 saturated carbocycles. The molecule has 2 aliphatic rings. The molecule has 4 unspecified atom stereocenters. The number of carbonyl (C=O) groups is 8. The Kier molecular flexibility index (Phi) is 22.1. The lowest BCUT2D eigenvalue weighted by Gasteiger charge is -2.36. The summed E-state index contributed by atoms with van der Waals surface area (Å²) in [6.45, 7) is 20.6. The lowest BCUT2D eigenvalue weighted by Crippen LogP contribution is -2.47. The number of ether oxygens (including phenoxy) is 2. The number of esters is 2. The lowest BCUT2D eigenvalue weighted by atomic mass is 9.71. The van der Waals surface area contributed by atoms with Crippen LogP contribution in [0.25, 0.3) is 0 Å². The van der Waals surface area contributed by atoms with E-state index in [0.29, 0.717) is 11.1 Å². The first-order valence-electron chi connectivity index (χ1n) is 22.2. The van der Waals surface area contributed by atoms with Crippen LogP contribution in [-0.4, -0.2) is 95.1 Å². The topological polar surface area (TPSA) is 244 Å². The first-order valence-corrected chi connectivity index (χ1v) is 22.2. The van der Waals surface area contributed by atoms with Crippen LogP contribution in [-0.2, 0) is 38.2 Å². The van der Waals surface area contributed by atoms with Gasteiger partial charge in [0.2, 0.25) is 0 Å². The zero-order valence-electron chi connectivity index (χ0n) is 41.2. The lowest BCUT2D eigenvalue weighted by molar-refractivity contribution is -0.155. The number of amides is 4. The van der Waals surface area contributed by atoms with Crippen molar-refractivity contribution in [1.29, 1.82) is 0 Å². The molecule has 16 nitrogen and oxygen atoms in total. The number of carboxylic acids is 2. The average Bonchev–Trinajstić information content (AvgIpc) is 3.24. The summed E-state index contributed by atoms with van der Waals surface area (Å²) in [4.78, 5) is 96.7. The third-order valence-corrected chi connectivity index (χ3v) is 11.0. The number of aliphatic carboxylic acids is 2. The van der Waals surface area contributed by atoms with Crippen LogP contribution in [0.4, 0.5) is 9.59 Å². The molecule has 2 aliphatic carbocycles. The van der Waals surface area contributed by atoms with Crippen LogP contribution in [0, 0.1) is 10.8 Å². The summed E-state index contributed by atoms with van der Waals surface area (Å²) in [5, 5.41) is 26.7. The monoisotopic (exact) mass is 940 g/mol. The fourth-order valence-corrected chi connectivity index (χ4v) is 7.08. The highest BCUT2D eigenvalue weighted by Gasteiger charge is 2.41. The first-order chi connectivity index (χ1) is 31.6. The fourth-order valence-electron chi connectivity index (χ4n) is 7.08. The number of carbonyl (C=O) groups excluding carboxylic acids is 6. The van der Waals surface area contributed by atoms with Crippen molar-refractivity contribution in [1.82, 2.24) is 21.3 Å². The Hall–Kier alpha value is -7.10. The molecule has 0 radical (unpaired) electrons. The minimum absolute atomic E-state index is 0.249. The van der Waals surface area contributed by atoms with Gasteiger partial charge in [0.25, 0.3) is 0 Å². The molecule has 4 atom stereocenters. The van der Waals surface area contributed by atoms with E-state index in [1.807, 2.05) is 140 Å². The number of rotatable bonds is 20. The van der Waals surface area contributed by atoms with Crippen LogP contribution in [0.1, 0.15) is 95.9 Å². The highest BCUT2D eigenvalue weighted by Crippen LogP contribution is 2.42. The van der Waals surface area contributed by atoms with Crippen LogP contribution in [0.2, 0.25) is 0 Å². The molecular formula is C52H68N4O12. The normalized spacial score (nSPS) is 20.4. The predicted octanol–water partition coefficient (Wildman–Crippen LogP) is 7.55. The molecule has 0 aliphatic heterocycles. The average molecular weight is 941 g/mol. The third-order valence-electron chi connectivity index (χ3n) is 11.0. The Balaban J connectivity index is 1.95. The molecule has 4 amide bonds. The van der Waals surface area contributed by atoms with Crippen molar-refractivity contribution < 1.29 is 58.0 Å². The van der Waals surface area contributed by atoms with Gasteiger partial charge in [0.1, 0.15) is 25.2 Å². The summed E-state index contributed by atoms with van der Waals surface area (Å²) in [5.41, 5.74) is 5.57. The molecule has 0 aromatic carbocycles. The zero-order chi connectivity index (χ0) is 51.5. The van der Waals surface area contributed by atoms with Crippen LogP contribution in [0.15, 0.2) is 130 Å². The van der Waals surface area contributed by atoms with Crippen LogP contribution in [0.3, 0.4) is 0 Å². The van der Waals surface area contributed by atoms with E-state index in [4.69, 9.17) is 19.7 Å². The van der Waals surface area contributed by atoms with E-state index in [1.54, 1.807) is 13.8 Å². The van der Waals surface area contributed by atoms with Gasteiger partial charge in [-0.15, -0.1) is 0 Å². The number of Topliss-reactive ketones (excluding diaryl/α,β-unsaturated/α-hetero) is 2. The van der Waals surface area contributed by atoms with Gasteiger partial charge in [-0.25, -0.2) is 9.59 Å². The number of carboxylic acid groups (broad SMARTS) is 2. The maximum atomic E-state index is 13.2. The van der Waals surface area contributed by atoms with Gasteiger partial charge in [-0.05, 0) is 88.5 Å². The molecule has 6 N–H and O–H groups in total. The van der Waals surface area contributed by atoms with Crippen LogP contribution in [0.5, 0.6) is 0 Å². The smallest absolute Gasteiger partial charge is 0.326 e. The van der Waals surface area contributed by atoms with Gasteiger partial charge in [0, 0.05) is 12.8 Å². The number of ketones is 2. The molecule has 0 saturated heterocycles. The molecule has 2 rings (SSSR count). The zero-order valence-corrected chi connectivity index (χ0v) is 41.2. The Morgan fingerprint density at radius 1 is 0.574 bits per heavy atom. The van der Waals surface area contributed by atoms with E-state index < -0.39 is 84.2 Å². The van der Waals surface area contributed by atoms with Crippen molar-refractivity contribution in [3.63, 3.8) is 0 Å². The molecule has 368 valence electrons. The van der Waals surface area contributed by atoms with Crippen molar-refractivity contribution in [2.24, 2.45) is 10.8 Å². The number of nitrogens with one attached hydrogen (secondary N) is 4. The summed E-state index contributed by atoms with van der Waals surface area (Å²) in [6, 6.07) is -3.98. The Morgan fingerprint density at radius 3 is 1.21 bits per heavy atom. The van der Waals surface area contributed by atoms with Crippen molar-refractivity contribution in [3.05, 3.63) is 130 Å². The van der Waals surface area contributed by atoms with Gasteiger partial charge in [0.05, 0.1) is 0 Å². The summed E-state index contributed by atoms with van der Waals surface area (Å²) < 4.78 is 10.8. The van der Waals surface area contributed by atoms with Crippen LogP contribution < -0.4 is 21.3 Å². The Morgan fingerprint density at radius 2 is 0.882 bits per heavy atom. The molecular weight excluding hydrogens is 873 g/mol. The maximum Gasteiger partial charge on any atom is 0.326 e. The van der Waals surface area contributed by atoms with Gasteiger partial charge >= 0.3 is 35.9 Å². The van der Waals surface area contributed by atoms with E-state index in [-0.39, 0.29) is 24.4 Å². The van der Waals surface area contributed by atoms with E-state index >= 15 is 0 Å². The standard InChI is InChI=1S/C52H68N4O12/c1-31(19-15-21-33(3)23-25-39-35(5)45(59)41(27-51(39,9)10)67-43(57)29-53-49(65)55-37(7)47(61)62)17-13-14-18-32(2)20-16-22-34(4)24-26-40-36(6)46(60)42(28-52(40,11)12)68-44(58)30-54-50(66)56-38(8)48(63)64/h13-26,37-38,41-42H,27-30H2,1-12H3,(H,61,62)(H,63,64)(H2,53,55,65)(H2,54,56,66)/b14-13+,19-15+,20-16+,25-23+,26-24+,31-17+,32-18+,33-21+,34-22+. The molecule has 0 aromatic rings. The Bertz CT molecular complexity index is 2170. The number of urea groups is 2. The van der Waals surface area contributed by atoms with Gasteiger partial charge < -0.3 is 41.0 Å². The quantitative estimate of drug-likeness (QED) is 0.0512. The summed E-state index contributed by atoms with van der Waals surface area (Å²) in [7, 11) is 0. The molecule has 0 fully saturated rings. The second-order valence-electron chi connectivity index (χ2n) is 18.1. The molecule has 16 heteroatoms. The van der Waals surface area contributed by atoms with Crippen molar-refractivity contribution in [2.75, 3.05) is 13.1 Å². The first kappa shape index (κ1) is 57.0. The molecule has 0 aromatic heterocycles. The maximum absolute atomic E-state index is 13.2. The molecule has 0 spiro atoms. The second kappa shape index (κ2) is 26.3. The SMILES string of the molecule is CC1=C(/C=C/C(C)=C/C=C/C(C)=C/C=C/C=C(C)/C=C/C=C(C)/C=C/C2=C(C)C(=O)C(OC(=O)CNC(=O)NC(C)C(=O)O)CC2(C)C)C(C)(C)CC(OC(=O)CNC(=O)NC(C)C(=O)O)C1=O. The summed E-state index contributed by atoms with van der Waals surface area (Å²) in [6.07, 6.45) is 25.8. The second-order valence-corrected chi connectivity index (χ2v) is 18.1. The highest BCUT2D eigenvalue weighted by atomic mass is 16.6. The van der Waals surface area contributed by atoms with Gasteiger partial charge in [-0.1, -0.05) is 135 Å². The molecule has 68 heavy (non-hydrogen) atoms. The van der Waals surface area contributed by atoms with E-state index in [0.717, 1.165) is 33.4 Å². The molecule has 0 heterocycles. The van der Waals surface area contributed by atoms with E-state index in [1.165, 1.54) is 13.8 Å². The third kappa shape index (κ3) is 19.0.